The third-order valence-electron chi connectivity index (χ3n) is 7.61. The van der Waals surface area contributed by atoms with E-state index in [1.807, 2.05) is 0 Å². The first-order chi connectivity index (χ1) is 22.8. The quantitative estimate of drug-likeness (QED) is 0.128. The number of halogens is 9. The number of ether oxygens (including phenoxy) is 1. The molecule has 0 radical (unpaired) electrons. The Kier molecular flexibility index (Phi) is 13.2. The van der Waals surface area contributed by atoms with E-state index < -0.39 is 51.7 Å². The van der Waals surface area contributed by atoms with Crippen molar-refractivity contribution >= 4 is 45.2 Å². The van der Waals surface area contributed by atoms with Crippen molar-refractivity contribution in [1.29, 1.82) is 0 Å². The van der Waals surface area contributed by atoms with E-state index in [1.54, 1.807) is 13.8 Å². The fourth-order valence-corrected chi connectivity index (χ4v) is 8.85. The van der Waals surface area contributed by atoms with E-state index in [4.69, 9.17) is 24.1 Å². The van der Waals surface area contributed by atoms with E-state index in [2.05, 4.69) is 82.3 Å². The minimum absolute atomic E-state index is 0.0603. The summed E-state index contributed by atoms with van der Waals surface area (Å²) in [5.41, 5.74) is 10.6. The van der Waals surface area contributed by atoms with Crippen molar-refractivity contribution in [3.05, 3.63) is 88.1 Å². The smallest absolute Gasteiger partial charge is 0.0146 e. The first-order valence-electron chi connectivity index (χ1n) is 15.1. The number of hydrogen-bond donors (Lipinski definition) is 0. The summed E-state index contributed by atoms with van der Waals surface area (Å²) in [4.78, 5) is 3.34. The second-order valence-corrected chi connectivity index (χ2v) is 20.0. The molecular weight excluding hydrogens is 821 g/mol. The van der Waals surface area contributed by atoms with Gasteiger partial charge in [-0.05, 0) is 63.8 Å². The van der Waals surface area contributed by atoms with Gasteiger partial charge in [-0.25, -0.2) is 0 Å². The largest absolute Gasteiger partial charge is 0.502 e. The Labute approximate surface area is 301 Å². The molecule has 1 aliphatic rings. The van der Waals surface area contributed by atoms with Gasteiger partial charge in [0.15, 0.2) is 0 Å². The van der Waals surface area contributed by atoms with Crippen LogP contribution in [0.4, 0.5) is 42.1 Å². The van der Waals surface area contributed by atoms with Gasteiger partial charge in [-0.3, -0.25) is 0 Å². The predicted octanol–water partition coefficient (Wildman–Crippen LogP) is 10.1. The van der Waals surface area contributed by atoms with Gasteiger partial charge >= 0.3 is 163 Å². The molecule has 1 heterocycles. The number of benzene rings is 3. The number of rotatable bonds is 8. The van der Waals surface area contributed by atoms with Crippen molar-refractivity contribution in [2.24, 2.45) is 0 Å². The van der Waals surface area contributed by atoms with Crippen LogP contribution >= 0.6 is 19.4 Å². The molecule has 5 nitrogen and oxygen atoms in total. The Hall–Kier alpha value is -2.41. The van der Waals surface area contributed by atoms with Gasteiger partial charge in [0.25, 0.3) is 0 Å². The van der Waals surface area contributed by atoms with Crippen molar-refractivity contribution in [3.63, 3.8) is 0 Å². The van der Waals surface area contributed by atoms with Gasteiger partial charge in [0.1, 0.15) is 0 Å². The van der Waals surface area contributed by atoms with Crippen LogP contribution in [0.3, 0.4) is 0 Å². The average molecular weight is 860 g/mol. The second-order valence-electron chi connectivity index (χ2n) is 12.3. The van der Waals surface area contributed by atoms with E-state index in [9.17, 15) is 39.2 Å². The van der Waals surface area contributed by atoms with Crippen LogP contribution in [0, 0.1) is 48.2 Å². The fourth-order valence-electron chi connectivity index (χ4n) is 5.79. The van der Waals surface area contributed by atoms with Gasteiger partial charge in [0, 0.05) is 24.5 Å². The Bertz CT molecular complexity index is 1760. The summed E-state index contributed by atoms with van der Waals surface area (Å²) >= 11 is -2.66. The van der Waals surface area contributed by atoms with Crippen LogP contribution in [0.5, 0.6) is 5.75 Å². The summed E-state index contributed by atoms with van der Waals surface area (Å²) in [7, 11) is 4.85. The van der Waals surface area contributed by atoms with Crippen LogP contribution < -0.4 is 14.5 Å². The molecule has 16 heteroatoms. The van der Waals surface area contributed by atoms with Gasteiger partial charge in [0.05, 0.1) is 0 Å². The van der Waals surface area contributed by atoms with Gasteiger partial charge in [-0.2, -0.15) is 6.67 Å². The van der Waals surface area contributed by atoms with Crippen LogP contribution in [0.25, 0.3) is 0 Å². The van der Waals surface area contributed by atoms with Crippen molar-refractivity contribution in [1.82, 2.24) is 0 Å². The van der Waals surface area contributed by atoms with Crippen LogP contribution in [0.1, 0.15) is 52.8 Å². The molecular formula is C34H38Cl2F7N2O3RuS-. The summed E-state index contributed by atoms with van der Waals surface area (Å²) in [6.07, 6.45) is -7.24. The summed E-state index contributed by atoms with van der Waals surface area (Å²) in [5.74, 6) is -6.87. The van der Waals surface area contributed by atoms with Gasteiger partial charge in [0.2, 0.25) is 0 Å². The summed E-state index contributed by atoms with van der Waals surface area (Å²) in [6.45, 7) is 20.7. The first kappa shape index (κ1) is 42.0. The van der Waals surface area contributed by atoms with Crippen LogP contribution in [-0.2, 0) is 23.4 Å². The van der Waals surface area contributed by atoms with Gasteiger partial charge in [-0.1, -0.05) is 35.4 Å². The number of sulfone groups is 1. The van der Waals surface area contributed by atoms with E-state index in [-0.39, 0.29) is 11.3 Å². The molecule has 0 unspecified atom stereocenters. The minimum Gasteiger partial charge on any atom is -0.502 e. The summed E-state index contributed by atoms with van der Waals surface area (Å²) in [5, 5.41) is -6.45. The standard InChI is InChI=1S/C21H27N2.C13H11F7O3S.2ClH.Ru/c1-14-9-16(3)20(17(4)10-14)22-7-8-23(13-22)21-18(5)11-15(2)12-19(21)6;1-7(2)23-10-5-4-9(6-8(10)3)24(21,22)13(19,20)11(14,15)12(16,17)18;;;/h9-13H,7-8H2,1-6H3;3-7H,1-2H3;2*1H;/q-1;;;;+2/p-2. The molecule has 280 valence electrons. The maximum Gasteiger partial charge on any atom is 0.0146 e. The van der Waals surface area contributed by atoms with Crippen molar-refractivity contribution in [2.45, 2.75) is 83.7 Å². The maximum atomic E-state index is 13.7. The molecule has 0 atom stereocenters. The van der Waals surface area contributed by atoms with Crippen molar-refractivity contribution < 1.29 is 57.4 Å². The number of aryl methyl sites for hydroxylation is 6. The molecule has 0 aliphatic carbocycles. The normalized spacial score (nSPS) is 14.5. The number of hydrogen-bond acceptors (Lipinski definition) is 5. The molecule has 0 bridgehead atoms. The zero-order chi connectivity index (χ0) is 38.1. The third-order valence-corrected chi connectivity index (χ3v) is 11.2. The van der Waals surface area contributed by atoms with Crippen molar-refractivity contribution in [3.8, 4) is 5.75 Å². The van der Waals surface area contributed by atoms with Crippen LogP contribution in [0.2, 0.25) is 0 Å². The topological polar surface area (TPSA) is 49.9 Å². The minimum atomic E-state index is -6.81. The Morgan fingerprint density at radius 1 is 0.780 bits per heavy atom. The van der Waals surface area contributed by atoms with Crippen LogP contribution in [-0.4, -0.2) is 49.6 Å². The molecule has 0 N–H and O–H groups in total. The van der Waals surface area contributed by atoms with Gasteiger partial charge < -0.3 is 9.80 Å². The molecule has 3 aromatic rings. The Morgan fingerprint density at radius 3 is 1.56 bits per heavy atom. The molecule has 1 fully saturated rings. The molecule has 50 heavy (non-hydrogen) atoms. The van der Waals surface area contributed by atoms with Crippen LogP contribution in [0.15, 0.2) is 47.4 Å². The third kappa shape index (κ3) is 8.96. The Balaban J connectivity index is 0.000000273. The summed E-state index contributed by atoms with van der Waals surface area (Å²) in [6, 6.07) is 10.8. The molecule has 3 aromatic carbocycles. The average Bonchev–Trinajstić information content (AvgIpc) is 3.40. The van der Waals surface area contributed by atoms with E-state index in [1.165, 1.54) is 44.8 Å². The fraction of sp³-hybridized carbons (Fsp3) is 0.412. The van der Waals surface area contributed by atoms with Crippen molar-refractivity contribution in [2.75, 3.05) is 22.9 Å². The number of anilines is 2. The molecule has 1 aliphatic heterocycles. The second kappa shape index (κ2) is 15.7. The Morgan fingerprint density at radius 2 is 1.20 bits per heavy atom. The molecule has 4 rings (SSSR count). The molecule has 0 amide bonds. The maximum absolute atomic E-state index is 13.7. The first-order valence-corrected chi connectivity index (χ1v) is 22.0. The number of nitrogens with zero attached hydrogens (tertiary/aromatic N) is 2. The van der Waals surface area contributed by atoms with E-state index >= 15 is 0 Å². The van der Waals surface area contributed by atoms with E-state index in [0.29, 0.717) is 12.1 Å². The zero-order valence-corrected chi connectivity index (χ0v) is 32.5. The zero-order valence-electron chi connectivity index (χ0n) is 28.5. The molecule has 0 spiro atoms. The molecule has 0 aromatic heterocycles. The number of alkyl halides is 7. The molecule has 1 saturated heterocycles. The van der Waals surface area contributed by atoms with Gasteiger partial charge in [-0.15, -0.1) is 0 Å². The monoisotopic (exact) mass is 859 g/mol. The SMILES string of the molecule is CC(C)Oc1ccc(S(=O)(=O)C(F)(F)C(F)(F)C(F)(F)F)cc1[CH]=[Ru]([Cl])[Cl].Cc1cc(C)c(N2[CH-]N(c3c(C)cc(C)cc3C)CC2)c(C)c1. The summed E-state index contributed by atoms with van der Waals surface area (Å²) < 4.78 is 121. The predicted molar refractivity (Wildman–Crippen MR) is 183 cm³/mol. The van der Waals surface area contributed by atoms with E-state index in [0.717, 1.165) is 23.8 Å². The molecule has 0 saturated carbocycles.